The van der Waals surface area contributed by atoms with Crippen molar-refractivity contribution in [1.82, 2.24) is 19.5 Å². The lowest BCUT2D eigenvalue weighted by Crippen LogP contribution is -2.32. The van der Waals surface area contributed by atoms with Crippen LogP contribution < -0.4 is 16.6 Å². The van der Waals surface area contributed by atoms with Crippen LogP contribution in [0.3, 0.4) is 0 Å². The topological polar surface area (TPSA) is 110 Å². The van der Waals surface area contributed by atoms with E-state index in [1.165, 1.54) is 4.57 Å². The van der Waals surface area contributed by atoms with Crippen LogP contribution in [0.4, 0.5) is 5.69 Å². The van der Waals surface area contributed by atoms with Crippen LogP contribution in [0, 0.1) is 11.8 Å². The van der Waals surface area contributed by atoms with Crippen LogP contribution in [0.2, 0.25) is 0 Å². The molecule has 0 aliphatic heterocycles. The van der Waals surface area contributed by atoms with Gasteiger partial charge in [0.25, 0.3) is 11.5 Å². The monoisotopic (exact) mass is 465 g/mol. The highest BCUT2D eigenvalue weighted by Crippen LogP contribution is 2.40. The maximum Gasteiger partial charge on any atom is 0.329 e. The molecule has 1 aliphatic carbocycles. The third kappa shape index (κ3) is 4.75. The number of nitrogens with one attached hydrogen (secondary N) is 2. The lowest BCUT2D eigenvalue weighted by Gasteiger charge is -2.13. The van der Waals surface area contributed by atoms with Gasteiger partial charge in [-0.1, -0.05) is 25.0 Å². The average Bonchev–Trinajstić information content (AvgIpc) is 3.71. The number of aromatic amines is 1. The first-order valence-corrected chi connectivity index (χ1v) is 11.6. The highest BCUT2D eigenvalue weighted by molar-refractivity contribution is 6.12. The Morgan fingerprint density at radius 1 is 1.14 bits per heavy atom. The Bertz CT molecular complexity index is 1610. The Kier molecular flexibility index (Phi) is 5.98. The molecule has 0 spiro atoms. The molecule has 8 nitrogen and oxygen atoms in total. The molecule has 1 fully saturated rings. The Labute approximate surface area is 201 Å². The Hall–Kier alpha value is -4.51. The fourth-order valence-electron chi connectivity index (χ4n) is 3.94. The second-order valence-electron chi connectivity index (χ2n) is 8.48. The highest BCUT2D eigenvalue weighted by Gasteiger charge is 2.28. The van der Waals surface area contributed by atoms with Crippen molar-refractivity contribution in [2.75, 3.05) is 5.32 Å². The molecule has 0 atom stereocenters. The fourth-order valence-corrected chi connectivity index (χ4v) is 3.94. The lowest BCUT2D eigenvalue weighted by molar-refractivity contribution is 0.102. The zero-order chi connectivity index (χ0) is 24.4. The number of carbonyl (C=O) groups excluding carboxylic acids is 1. The number of rotatable bonds is 5. The van der Waals surface area contributed by atoms with Gasteiger partial charge in [0, 0.05) is 35.6 Å². The van der Waals surface area contributed by atoms with Gasteiger partial charge in [-0.25, -0.2) is 14.8 Å². The summed E-state index contributed by atoms with van der Waals surface area (Å²) in [7, 11) is 0. The molecule has 1 aromatic carbocycles. The molecule has 3 aromatic heterocycles. The molecular weight excluding hydrogens is 442 g/mol. The summed E-state index contributed by atoms with van der Waals surface area (Å²) in [6.07, 6.45) is 4.30. The van der Waals surface area contributed by atoms with Crippen molar-refractivity contribution >= 4 is 22.6 Å². The second-order valence-corrected chi connectivity index (χ2v) is 8.48. The van der Waals surface area contributed by atoms with E-state index in [1.54, 1.807) is 30.5 Å². The third-order valence-electron chi connectivity index (χ3n) is 5.78. The molecule has 4 aromatic rings. The lowest BCUT2D eigenvalue weighted by atomic mass is 10.1. The first-order valence-electron chi connectivity index (χ1n) is 11.6. The van der Waals surface area contributed by atoms with Gasteiger partial charge in [0.2, 0.25) is 0 Å². The number of aromatic nitrogens is 4. The predicted molar refractivity (Wildman–Crippen MR) is 134 cm³/mol. The van der Waals surface area contributed by atoms with E-state index in [0.717, 1.165) is 18.5 Å². The molecule has 35 heavy (non-hydrogen) atoms. The second kappa shape index (κ2) is 9.39. The summed E-state index contributed by atoms with van der Waals surface area (Å²) in [4.78, 5) is 49.8. The molecule has 174 valence electrons. The smallest absolute Gasteiger partial charge is 0.322 e. The van der Waals surface area contributed by atoms with E-state index in [1.807, 2.05) is 31.2 Å². The SMILES string of the molecule is CCCn1c(=O)[nH]c(=O)c2c(C(=O)Nc3cccc(C#Cc4ccccn4)c3)cc(C3CC3)nc21. The van der Waals surface area contributed by atoms with Crippen LogP contribution in [-0.2, 0) is 6.54 Å². The number of amides is 1. The van der Waals surface area contributed by atoms with Gasteiger partial charge in [-0.15, -0.1) is 0 Å². The van der Waals surface area contributed by atoms with Crippen molar-refractivity contribution in [2.24, 2.45) is 0 Å². The molecule has 1 amide bonds. The molecule has 0 radical (unpaired) electrons. The highest BCUT2D eigenvalue weighted by atomic mass is 16.2. The number of nitrogens with zero attached hydrogens (tertiary/aromatic N) is 3. The van der Waals surface area contributed by atoms with Crippen molar-refractivity contribution in [3.8, 4) is 11.8 Å². The van der Waals surface area contributed by atoms with Crippen LogP contribution in [0.1, 0.15) is 59.4 Å². The summed E-state index contributed by atoms with van der Waals surface area (Å²) >= 11 is 0. The normalized spacial score (nSPS) is 12.7. The van der Waals surface area contributed by atoms with Gasteiger partial charge in [0.15, 0.2) is 5.65 Å². The minimum absolute atomic E-state index is 0.117. The van der Waals surface area contributed by atoms with Gasteiger partial charge in [-0.3, -0.25) is 19.1 Å². The van der Waals surface area contributed by atoms with Crippen LogP contribution >= 0.6 is 0 Å². The van der Waals surface area contributed by atoms with E-state index in [9.17, 15) is 14.4 Å². The Morgan fingerprint density at radius 3 is 2.74 bits per heavy atom. The van der Waals surface area contributed by atoms with Gasteiger partial charge in [-0.05, 0) is 61.6 Å². The zero-order valence-corrected chi connectivity index (χ0v) is 19.2. The minimum Gasteiger partial charge on any atom is -0.322 e. The zero-order valence-electron chi connectivity index (χ0n) is 19.2. The van der Waals surface area contributed by atoms with Crippen molar-refractivity contribution in [2.45, 2.75) is 38.6 Å². The standard InChI is InChI=1S/C27H23N5O3/c1-2-14-32-24-23(26(34)31-27(32)35)21(16-22(30-24)18-10-11-18)25(33)29-20-8-5-6-17(15-20)9-12-19-7-3-4-13-28-19/h3-8,13,15-16,18H,2,10-11,14H2,1H3,(H,29,33)(H,31,34,35). The molecule has 5 rings (SSSR count). The average molecular weight is 466 g/mol. The maximum absolute atomic E-state index is 13.4. The predicted octanol–water partition coefficient (Wildman–Crippen LogP) is 3.42. The number of carbonyl (C=O) groups is 1. The van der Waals surface area contributed by atoms with E-state index in [0.29, 0.717) is 29.9 Å². The van der Waals surface area contributed by atoms with Gasteiger partial charge in [0.1, 0.15) is 5.69 Å². The number of benzene rings is 1. The maximum atomic E-state index is 13.4. The van der Waals surface area contributed by atoms with Gasteiger partial charge < -0.3 is 5.32 Å². The van der Waals surface area contributed by atoms with E-state index in [-0.39, 0.29) is 22.5 Å². The van der Waals surface area contributed by atoms with Gasteiger partial charge in [-0.2, -0.15) is 0 Å². The van der Waals surface area contributed by atoms with Gasteiger partial charge in [0.05, 0.1) is 10.9 Å². The number of hydrogen-bond donors (Lipinski definition) is 2. The minimum atomic E-state index is -0.618. The van der Waals surface area contributed by atoms with Crippen LogP contribution in [0.5, 0.6) is 0 Å². The Morgan fingerprint density at radius 2 is 2.00 bits per heavy atom. The Balaban J connectivity index is 1.53. The number of aryl methyl sites for hydroxylation is 1. The molecular formula is C27H23N5O3. The summed E-state index contributed by atoms with van der Waals surface area (Å²) in [6, 6.07) is 14.3. The van der Waals surface area contributed by atoms with Crippen LogP contribution in [-0.4, -0.2) is 25.4 Å². The molecule has 8 heteroatoms. The molecule has 0 unspecified atom stereocenters. The first-order chi connectivity index (χ1) is 17.0. The molecule has 1 aliphatic rings. The summed E-state index contributed by atoms with van der Waals surface area (Å²) in [5.41, 5.74) is 1.95. The molecule has 0 bridgehead atoms. The summed E-state index contributed by atoms with van der Waals surface area (Å²) < 4.78 is 1.44. The van der Waals surface area contributed by atoms with Crippen LogP contribution in [0.15, 0.2) is 64.3 Å². The van der Waals surface area contributed by atoms with E-state index >= 15 is 0 Å². The first kappa shape index (κ1) is 22.3. The largest absolute Gasteiger partial charge is 0.329 e. The molecule has 1 saturated carbocycles. The fraction of sp³-hybridized carbons (Fsp3) is 0.222. The number of hydrogen-bond acceptors (Lipinski definition) is 5. The van der Waals surface area contributed by atoms with Crippen molar-refractivity contribution in [3.05, 3.63) is 98.1 Å². The van der Waals surface area contributed by atoms with E-state index in [4.69, 9.17) is 0 Å². The molecule has 3 heterocycles. The quantitative estimate of drug-likeness (QED) is 0.439. The van der Waals surface area contributed by atoms with E-state index < -0.39 is 17.2 Å². The summed E-state index contributed by atoms with van der Waals surface area (Å²) in [5.74, 6) is 5.83. The van der Waals surface area contributed by atoms with Crippen molar-refractivity contribution in [1.29, 1.82) is 0 Å². The van der Waals surface area contributed by atoms with Crippen molar-refractivity contribution in [3.63, 3.8) is 0 Å². The molecule has 0 saturated heterocycles. The molecule has 2 N–H and O–H groups in total. The number of pyridine rings is 2. The number of fused-ring (bicyclic) bond motifs is 1. The summed E-state index contributed by atoms with van der Waals surface area (Å²) in [5, 5.41) is 3.00. The van der Waals surface area contributed by atoms with Gasteiger partial charge >= 0.3 is 5.69 Å². The summed E-state index contributed by atoms with van der Waals surface area (Å²) in [6.45, 7) is 2.33. The van der Waals surface area contributed by atoms with Crippen molar-refractivity contribution < 1.29 is 4.79 Å². The third-order valence-corrected chi connectivity index (χ3v) is 5.78. The van der Waals surface area contributed by atoms with Crippen LogP contribution in [0.25, 0.3) is 11.0 Å². The number of H-pyrrole nitrogens is 1. The number of anilines is 1. The van der Waals surface area contributed by atoms with E-state index in [2.05, 4.69) is 32.1 Å².